The first kappa shape index (κ1) is 11.8. The summed E-state index contributed by atoms with van der Waals surface area (Å²) in [6.45, 7) is 0.229. The van der Waals surface area contributed by atoms with E-state index in [-0.39, 0.29) is 12.5 Å². The van der Waals surface area contributed by atoms with Gasteiger partial charge in [0.2, 0.25) is 0 Å². The van der Waals surface area contributed by atoms with E-state index in [9.17, 15) is 4.79 Å². The van der Waals surface area contributed by atoms with Crippen molar-refractivity contribution in [2.45, 2.75) is 0 Å². The van der Waals surface area contributed by atoms with Crippen LogP contribution in [-0.4, -0.2) is 36.1 Å². The summed E-state index contributed by atoms with van der Waals surface area (Å²) in [5.41, 5.74) is 6.42. The lowest BCUT2D eigenvalue weighted by Crippen LogP contribution is -2.29. The number of nitrogen functional groups attached to an aromatic ring is 1. The molecule has 1 amide bonds. The number of hydrogen-bond donors (Lipinski definition) is 2. The van der Waals surface area contributed by atoms with Gasteiger partial charge in [-0.25, -0.2) is 0 Å². The van der Waals surface area contributed by atoms with Gasteiger partial charge in [0.1, 0.15) is 0 Å². The molecule has 0 heterocycles. The Hall–Kier alpha value is -1.26. The van der Waals surface area contributed by atoms with Crippen molar-refractivity contribution in [3.8, 4) is 0 Å². The van der Waals surface area contributed by atoms with Crippen LogP contribution in [-0.2, 0) is 0 Å². The van der Waals surface area contributed by atoms with E-state index in [0.29, 0.717) is 22.8 Å². The third kappa shape index (κ3) is 2.84. The lowest BCUT2D eigenvalue weighted by molar-refractivity contribution is 0.0767. The Morgan fingerprint density at radius 2 is 2.27 bits per heavy atom. The Labute approximate surface area is 93.2 Å². The Balaban J connectivity index is 2.87. The molecule has 0 atom stereocenters. The molecule has 0 aliphatic heterocycles. The Morgan fingerprint density at radius 3 is 2.80 bits per heavy atom. The van der Waals surface area contributed by atoms with Gasteiger partial charge >= 0.3 is 0 Å². The van der Waals surface area contributed by atoms with Crippen LogP contribution in [0, 0.1) is 0 Å². The van der Waals surface area contributed by atoms with Crippen LogP contribution < -0.4 is 5.73 Å². The summed E-state index contributed by atoms with van der Waals surface area (Å²) in [6.07, 6.45) is 0. The zero-order valence-electron chi connectivity index (χ0n) is 8.40. The van der Waals surface area contributed by atoms with Gasteiger partial charge in [-0.2, -0.15) is 0 Å². The molecule has 0 bridgehead atoms. The van der Waals surface area contributed by atoms with Gasteiger partial charge < -0.3 is 15.7 Å². The third-order valence-electron chi connectivity index (χ3n) is 2.03. The highest BCUT2D eigenvalue weighted by Crippen LogP contribution is 2.20. The van der Waals surface area contributed by atoms with Gasteiger partial charge in [-0.3, -0.25) is 4.79 Å². The van der Waals surface area contributed by atoms with E-state index >= 15 is 0 Å². The largest absolute Gasteiger partial charge is 0.398 e. The summed E-state index contributed by atoms with van der Waals surface area (Å²) in [6, 6.07) is 4.71. The maximum atomic E-state index is 11.7. The molecular weight excluding hydrogens is 216 g/mol. The number of aliphatic hydroxyl groups is 1. The fraction of sp³-hybridized carbons (Fsp3) is 0.300. The minimum atomic E-state index is -0.188. The average Bonchev–Trinajstić information content (AvgIpc) is 2.21. The maximum absolute atomic E-state index is 11.7. The molecule has 3 N–H and O–H groups in total. The number of carbonyl (C=O) groups excluding carboxylic acids is 1. The van der Waals surface area contributed by atoms with Crippen LogP contribution in [0.5, 0.6) is 0 Å². The zero-order valence-corrected chi connectivity index (χ0v) is 9.16. The topological polar surface area (TPSA) is 66.6 Å². The van der Waals surface area contributed by atoms with E-state index in [2.05, 4.69) is 0 Å². The lowest BCUT2D eigenvalue weighted by atomic mass is 10.2. The van der Waals surface area contributed by atoms with E-state index in [1.54, 1.807) is 19.2 Å². The van der Waals surface area contributed by atoms with Crippen LogP contribution in [0.1, 0.15) is 10.4 Å². The number of hydrogen-bond acceptors (Lipinski definition) is 3. The second-order valence-electron chi connectivity index (χ2n) is 3.19. The van der Waals surface area contributed by atoms with Crippen LogP contribution in [0.2, 0.25) is 5.02 Å². The summed E-state index contributed by atoms with van der Waals surface area (Å²) in [4.78, 5) is 13.1. The van der Waals surface area contributed by atoms with Gasteiger partial charge in [0.15, 0.2) is 0 Å². The van der Waals surface area contributed by atoms with Crippen molar-refractivity contribution in [2.24, 2.45) is 0 Å². The molecule has 1 aromatic carbocycles. The summed E-state index contributed by atoms with van der Waals surface area (Å²) < 4.78 is 0. The highest BCUT2D eigenvalue weighted by atomic mass is 35.5. The zero-order chi connectivity index (χ0) is 11.4. The average molecular weight is 229 g/mol. The fourth-order valence-electron chi connectivity index (χ4n) is 1.15. The molecule has 1 rings (SSSR count). The normalized spacial score (nSPS) is 10.1. The SMILES string of the molecule is CN(CCO)C(=O)c1ccc(Cl)c(N)c1. The highest BCUT2D eigenvalue weighted by Gasteiger charge is 2.11. The van der Waals surface area contributed by atoms with Gasteiger partial charge in [-0.15, -0.1) is 0 Å². The van der Waals surface area contributed by atoms with Crippen LogP contribution in [0.3, 0.4) is 0 Å². The predicted octanol–water partition coefficient (Wildman–Crippen LogP) is 0.986. The first-order valence-electron chi connectivity index (χ1n) is 4.47. The van der Waals surface area contributed by atoms with E-state index in [1.165, 1.54) is 11.0 Å². The van der Waals surface area contributed by atoms with Crippen molar-refractivity contribution in [1.82, 2.24) is 4.90 Å². The number of halogens is 1. The first-order chi connectivity index (χ1) is 7.06. The fourth-order valence-corrected chi connectivity index (χ4v) is 1.27. The van der Waals surface area contributed by atoms with Crippen molar-refractivity contribution in [3.63, 3.8) is 0 Å². The quantitative estimate of drug-likeness (QED) is 0.759. The maximum Gasteiger partial charge on any atom is 0.253 e. The minimum absolute atomic E-state index is 0.0642. The lowest BCUT2D eigenvalue weighted by Gasteiger charge is -2.15. The van der Waals surface area contributed by atoms with E-state index < -0.39 is 0 Å². The molecule has 15 heavy (non-hydrogen) atoms. The van der Waals surface area contributed by atoms with Crippen molar-refractivity contribution >= 4 is 23.2 Å². The van der Waals surface area contributed by atoms with Gasteiger partial charge in [0.25, 0.3) is 5.91 Å². The van der Waals surface area contributed by atoms with Crippen molar-refractivity contribution in [2.75, 3.05) is 25.9 Å². The molecule has 0 aliphatic rings. The minimum Gasteiger partial charge on any atom is -0.398 e. The summed E-state index contributed by atoms with van der Waals surface area (Å²) in [5, 5.41) is 9.12. The van der Waals surface area contributed by atoms with Gasteiger partial charge in [-0.1, -0.05) is 11.6 Å². The van der Waals surface area contributed by atoms with Crippen molar-refractivity contribution in [3.05, 3.63) is 28.8 Å². The second kappa shape index (κ2) is 5.00. The Kier molecular flexibility index (Phi) is 3.94. The number of amides is 1. The van der Waals surface area contributed by atoms with Crippen LogP contribution in [0.25, 0.3) is 0 Å². The standard InChI is InChI=1S/C10H13ClN2O2/c1-13(4-5-14)10(15)7-2-3-8(11)9(12)6-7/h2-3,6,14H,4-5,12H2,1H3. The molecule has 0 unspecified atom stereocenters. The van der Waals surface area contributed by atoms with E-state index in [0.717, 1.165) is 0 Å². The smallest absolute Gasteiger partial charge is 0.253 e. The Bertz CT molecular complexity index is 368. The molecule has 0 aromatic heterocycles. The Morgan fingerprint density at radius 1 is 1.60 bits per heavy atom. The van der Waals surface area contributed by atoms with Crippen LogP contribution >= 0.6 is 11.6 Å². The molecule has 1 aromatic rings. The monoisotopic (exact) mass is 228 g/mol. The number of aliphatic hydroxyl groups excluding tert-OH is 1. The third-order valence-corrected chi connectivity index (χ3v) is 2.37. The molecule has 82 valence electrons. The highest BCUT2D eigenvalue weighted by molar-refractivity contribution is 6.33. The predicted molar refractivity (Wildman–Crippen MR) is 59.9 cm³/mol. The summed E-state index contributed by atoms with van der Waals surface area (Å²) in [7, 11) is 1.61. The molecule has 0 aliphatic carbocycles. The number of carbonyl (C=O) groups is 1. The number of nitrogens with two attached hydrogens (primary N) is 1. The number of likely N-dealkylation sites (N-methyl/N-ethyl adjacent to an activating group) is 1. The van der Waals surface area contributed by atoms with Gasteiger partial charge in [-0.05, 0) is 18.2 Å². The molecule has 0 saturated carbocycles. The number of nitrogens with zero attached hydrogens (tertiary/aromatic N) is 1. The molecule has 0 saturated heterocycles. The first-order valence-corrected chi connectivity index (χ1v) is 4.85. The molecule has 4 nitrogen and oxygen atoms in total. The molecule has 0 spiro atoms. The number of benzene rings is 1. The summed E-state index contributed by atoms with van der Waals surface area (Å²) >= 11 is 5.74. The molecule has 5 heteroatoms. The number of rotatable bonds is 3. The van der Waals surface area contributed by atoms with E-state index in [1.807, 2.05) is 0 Å². The second-order valence-corrected chi connectivity index (χ2v) is 3.59. The van der Waals surface area contributed by atoms with Crippen LogP contribution in [0.15, 0.2) is 18.2 Å². The van der Waals surface area contributed by atoms with Crippen molar-refractivity contribution in [1.29, 1.82) is 0 Å². The summed E-state index contributed by atoms with van der Waals surface area (Å²) in [5.74, 6) is -0.188. The van der Waals surface area contributed by atoms with E-state index in [4.69, 9.17) is 22.4 Å². The van der Waals surface area contributed by atoms with Crippen molar-refractivity contribution < 1.29 is 9.90 Å². The molecule has 0 radical (unpaired) electrons. The molecular formula is C10H13ClN2O2. The number of anilines is 1. The van der Waals surface area contributed by atoms with Gasteiger partial charge in [0.05, 0.1) is 17.3 Å². The molecule has 0 fully saturated rings. The van der Waals surface area contributed by atoms with Gasteiger partial charge in [0, 0.05) is 19.2 Å². The van der Waals surface area contributed by atoms with Crippen LogP contribution in [0.4, 0.5) is 5.69 Å².